The van der Waals surface area contributed by atoms with E-state index in [0.29, 0.717) is 48.1 Å². The largest absolute Gasteiger partial charge is 0.441 e. The number of hydrogen-bond acceptors (Lipinski definition) is 4. The van der Waals surface area contributed by atoms with Crippen LogP contribution in [0.5, 0.6) is 0 Å². The molecule has 3 rings (SSSR count). The number of benzene rings is 1. The minimum atomic E-state index is -0.434. The van der Waals surface area contributed by atoms with Crippen LogP contribution in [0.3, 0.4) is 0 Å². The molecule has 0 bridgehead atoms. The zero-order valence-corrected chi connectivity index (χ0v) is 14.1. The van der Waals surface area contributed by atoms with Crippen LogP contribution in [0.15, 0.2) is 22.6 Å². The fourth-order valence-electron chi connectivity index (χ4n) is 2.95. The van der Waals surface area contributed by atoms with Gasteiger partial charge >= 0.3 is 6.03 Å². The van der Waals surface area contributed by atoms with Crippen LogP contribution in [0.2, 0.25) is 0 Å². The van der Waals surface area contributed by atoms with E-state index < -0.39 is 6.04 Å². The molecule has 0 spiro atoms. The molecule has 128 valence electrons. The van der Waals surface area contributed by atoms with Crippen LogP contribution in [0.4, 0.5) is 10.5 Å². The fourth-order valence-corrected chi connectivity index (χ4v) is 2.95. The number of urea groups is 1. The quantitative estimate of drug-likeness (QED) is 0.905. The highest BCUT2D eigenvalue weighted by atomic mass is 16.3. The molecule has 2 heterocycles. The predicted molar refractivity (Wildman–Crippen MR) is 90.7 cm³/mol. The van der Waals surface area contributed by atoms with Gasteiger partial charge in [0, 0.05) is 25.7 Å². The SMILES string of the molecule is Cc1nc2cc(NC(=O)N3CCNC(=O)C3CC(C)C)ccc2o1. The van der Waals surface area contributed by atoms with Crippen molar-refractivity contribution < 1.29 is 14.0 Å². The lowest BCUT2D eigenvalue weighted by atomic mass is 10.0. The van der Waals surface area contributed by atoms with Crippen LogP contribution in [-0.2, 0) is 4.79 Å². The average Bonchev–Trinajstić information content (AvgIpc) is 2.88. The number of piperazine rings is 1. The highest BCUT2D eigenvalue weighted by Crippen LogP contribution is 2.21. The Morgan fingerprint density at radius 1 is 1.50 bits per heavy atom. The molecule has 3 amide bonds. The topological polar surface area (TPSA) is 87.5 Å². The Hall–Kier alpha value is -2.57. The van der Waals surface area contributed by atoms with Crippen LogP contribution < -0.4 is 10.6 Å². The molecule has 1 aliphatic rings. The number of aromatic nitrogens is 1. The molecule has 2 aromatic rings. The first kappa shape index (κ1) is 16.3. The van der Waals surface area contributed by atoms with Gasteiger partial charge in [0.25, 0.3) is 0 Å². The monoisotopic (exact) mass is 330 g/mol. The molecular formula is C17H22N4O3. The van der Waals surface area contributed by atoms with E-state index in [9.17, 15) is 9.59 Å². The highest BCUT2D eigenvalue weighted by Gasteiger charge is 2.33. The van der Waals surface area contributed by atoms with Crippen LogP contribution in [0.1, 0.15) is 26.2 Å². The van der Waals surface area contributed by atoms with Gasteiger partial charge in [-0.05, 0) is 30.5 Å². The number of nitrogens with zero attached hydrogens (tertiary/aromatic N) is 2. The van der Waals surface area contributed by atoms with Crippen molar-refractivity contribution in [1.82, 2.24) is 15.2 Å². The minimum absolute atomic E-state index is 0.0901. The van der Waals surface area contributed by atoms with E-state index in [2.05, 4.69) is 15.6 Å². The maximum Gasteiger partial charge on any atom is 0.322 e. The lowest BCUT2D eigenvalue weighted by Crippen LogP contribution is -2.58. The molecule has 1 unspecified atom stereocenters. The number of carbonyl (C=O) groups excluding carboxylic acids is 2. The van der Waals surface area contributed by atoms with Gasteiger partial charge in [-0.25, -0.2) is 9.78 Å². The molecule has 2 N–H and O–H groups in total. The van der Waals surface area contributed by atoms with Crippen molar-refractivity contribution in [3.63, 3.8) is 0 Å². The Kier molecular flexibility index (Phi) is 4.42. The Labute approximate surface area is 140 Å². The fraction of sp³-hybridized carbons (Fsp3) is 0.471. The molecule has 0 radical (unpaired) electrons. The van der Waals surface area contributed by atoms with Crippen molar-refractivity contribution in [2.45, 2.75) is 33.2 Å². The van der Waals surface area contributed by atoms with Gasteiger partial charge in [-0.2, -0.15) is 0 Å². The molecule has 1 atom stereocenters. The molecule has 1 aromatic heterocycles. The summed E-state index contributed by atoms with van der Waals surface area (Å²) in [6.07, 6.45) is 0.640. The summed E-state index contributed by atoms with van der Waals surface area (Å²) in [5, 5.41) is 5.69. The van der Waals surface area contributed by atoms with Crippen molar-refractivity contribution in [3.05, 3.63) is 24.1 Å². The van der Waals surface area contributed by atoms with Crippen LogP contribution in [0.25, 0.3) is 11.1 Å². The van der Waals surface area contributed by atoms with Crippen molar-refractivity contribution in [2.24, 2.45) is 5.92 Å². The molecule has 24 heavy (non-hydrogen) atoms. The maximum absolute atomic E-state index is 12.6. The first-order valence-electron chi connectivity index (χ1n) is 8.16. The summed E-state index contributed by atoms with van der Waals surface area (Å²) in [6.45, 7) is 6.83. The third-order valence-corrected chi connectivity index (χ3v) is 4.03. The van der Waals surface area contributed by atoms with Crippen molar-refractivity contribution in [3.8, 4) is 0 Å². The number of rotatable bonds is 3. The van der Waals surface area contributed by atoms with Crippen molar-refractivity contribution >= 4 is 28.7 Å². The smallest absolute Gasteiger partial charge is 0.322 e. The number of oxazole rings is 1. The van der Waals surface area contributed by atoms with E-state index in [0.717, 1.165) is 0 Å². The van der Waals surface area contributed by atoms with Gasteiger partial charge in [-0.1, -0.05) is 13.8 Å². The molecule has 0 aliphatic carbocycles. The number of aryl methyl sites for hydroxylation is 1. The lowest BCUT2D eigenvalue weighted by Gasteiger charge is -2.35. The minimum Gasteiger partial charge on any atom is -0.441 e. The van der Waals surface area contributed by atoms with Crippen molar-refractivity contribution in [2.75, 3.05) is 18.4 Å². The summed E-state index contributed by atoms with van der Waals surface area (Å²) < 4.78 is 5.43. The number of fused-ring (bicyclic) bond motifs is 1. The molecule has 7 nitrogen and oxygen atoms in total. The standard InChI is InChI=1S/C17H22N4O3/c1-10(2)8-14-16(22)18-6-7-21(14)17(23)20-12-4-5-15-13(9-12)19-11(3)24-15/h4-5,9-10,14H,6-8H2,1-3H3,(H,18,22)(H,20,23). The van der Waals surface area contributed by atoms with E-state index in [4.69, 9.17) is 4.42 Å². The third-order valence-electron chi connectivity index (χ3n) is 4.03. The molecule has 1 aliphatic heterocycles. The van der Waals surface area contributed by atoms with Crippen LogP contribution in [-0.4, -0.2) is 41.0 Å². The Morgan fingerprint density at radius 2 is 2.29 bits per heavy atom. The molecule has 1 saturated heterocycles. The Bertz CT molecular complexity index is 768. The Balaban J connectivity index is 1.77. The summed E-state index contributed by atoms with van der Waals surface area (Å²) in [5.41, 5.74) is 2.01. The zero-order valence-electron chi connectivity index (χ0n) is 14.1. The van der Waals surface area contributed by atoms with Gasteiger partial charge in [-0.3, -0.25) is 4.79 Å². The number of amides is 3. The molecule has 7 heteroatoms. The number of anilines is 1. The van der Waals surface area contributed by atoms with Gasteiger partial charge in [-0.15, -0.1) is 0 Å². The van der Waals surface area contributed by atoms with Gasteiger partial charge in [0.2, 0.25) is 5.91 Å². The number of carbonyl (C=O) groups is 2. The maximum atomic E-state index is 12.6. The normalized spacial score (nSPS) is 18.1. The first-order chi connectivity index (χ1) is 11.4. The molecule has 0 saturated carbocycles. The van der Waals surface area contributed by atoms with Crippen LogP contribution >= 0.6 is 0 Å². The summed E-state index contributed by atoms with van der Waals surface area (Å²) in [4.78, 5) is 30.6. The van der Waals surface area contributed by atoms with E-state index in [1.165, 1.54) is 0 Å². The van der Waals surface area contributed by atoms with Gasteiger partial charge in [0.05, 0.1) is 0 Å². The van der Waals surface area contributed by atoms with Gasteiger partial charge in [0.15, 0.2) is 11.5 Å². The second kappa shape index (κ2) is 6.51. The molecule has 1 fully saturated rings. The van der Waals surface area contributed by atoms with Crippen molar-refractivity contribution in [1.29, 1.82) is 0 Å². The van der Waals surface area contributed by atoms with Gasteiger partial charge in [0.1, 0.15) is 11.6 Å². The zero-order chi connectivity index (χ0) is 17.3. The first-order valence-corrected chi connectivity index (χ1v) is 8.16. The predicted octanol–water partition coefficient (Wildman–Crippen LogP) is 2.51. The summed E-state index contributed by atoms with van der Waals surface area (Å²) >= 11 is 0. The van der Waals surface area contributed by atoms with E-state index >= 15 is 0 Å². The third kappa shape index (κ3) is 3.34. The van der Waals surface area contributed by atoms with E-state index in [-0.39, 0.29) is 11.9 Å². The second-order valence-corrected chi connectivity index (χ2v) is 6.48. The average molecular weight is 330 g/mol. The van der Waals surface area contributed by atoms with Crippen LogP contribution in [0, 0.1) is 12.8 Å². The summed E-state index contributed by atoms with van der Waals surface area (Å²) in [7, 11) is 0. The van der Waals surface area contributed by atoms with E-state index in [1.54, 1.807) is 30.0 Å². The highest BCUT2D eigenvalue weighted by molar-refractivity contribution is 5.95. The number of hydrogen-bond donors (Lipinski definition) is 2. The molecule has 1 aromatic carbocycles. The van der Waals surface area contributed by atoms with Gasteiger partial charge < -0.3 is 20.0 Å². The Morgan fingerprint density at radius 3 is 3.04 bits per heavy atom. The second-order valence-electron chi connectivity index (χ2n) is 6.48. The summed E-state index contributed by atoms with van der Waals surface area (Å²) in [5.74, 6) is 0.814. The number of nitrogens with one attached hydrogen (secondary N) is 2. The summed E-state index contributed by atoms with van der Waals surface area (Å²) in [6, 6.07) is 4.61. The molecular weight excluding hydrogens is 308 g/mol. The lowest BCUT2D eigenvalue weighted by molar-refractivity contribution is -0.128. The van der Waals surface area contributed by atoms with E-state index in [1.807, 2.05) is 13.8 Å².